The summed E-state index contributed by atoms with van der Waals surface area (Å²) in [7, 11) is 0. The molecule has 0 bridgehead atoms. The Morgan fingerprint density at radius 1 is 0.875 bits per heavy atom. The molecule has 2 unspecified atom stereocenters. The lowest BCUT2D eigenvalue weighted by Gasteiger charge is -2.38. The zero-order chi connectivity index (χ0) is 33.6. The minimum Gasteiger partial charge on any atom is -0.506 e. The van der Waals surface area contributed by atoms with Crippen LogP contribution in [0.3, 0.4) is 0 Å². The Balaban J connectivity index is 1.03. The van der Waals surface area contributed by atoms with E-state index in [9.17, 15) is 19.5 Å². The lowest BCUT2D eigenvalue weighted by Crippen LogP contribution is -2.86. The first-order valence-electron chi connectivity index (χ1n) is 17.9. The van der Waals surface area contributed by atoms with Crippen molar-refractivity contribution in [1.82, 2.24) is 9.80 Å². The minimum atomic E-state index is -0.944. The van der Waals surface area contributed by atoms with E-state index in [1.807, 2.05) is 28.4 Å². The van der Waals surface area contributed by atoms with Gasteiger partial charge in [0.15, 0.2) is 6.10 Å². The summed E-state index contributed by atoms with van der Waals surface area (Å²) in [4.78, 5) is 44.1. The van der Waals surface area contributed by atoms with Gasteiger partial charge in [-0.2, -0.15) is 0 Å². The van der Waals surface area contributed by atoms with E-state index in [2.05, 4.69) is 43.2 Å². The van der Waals surface area contributed by atoms with Crippen molar-refractivity contribution in [2.45, 2.75) is 76.7 Å². The highest BCUT2D eigenvalue weighted by Crippen LogP contribution is 2.35. The summed E-state index contributed by atoms with van der Waals surface area (Å²) in [6.07, 6.45) is 8.76. The lowest BCUT2D eigenvalue weighted by molar-refractivity contribution is -0.665. The smallest absolute Gasteiger partial charge is 0.410 e. The van der Waals surface area contributed by atoms with E-state index in [-0.39, 0.29) is 29.9 Å². The average Bonchev–Trinajstić information content (AvgIpc) is 3.27. The fourth-order valence-electron chi connectivity index (χ4n) is 8.32. The van der Waals surface area contributed by atoms with Crippen LogP contribution in [0.4, 0.5) is 10.5 Å². The zero-order valence-electron chi connectivity index (χ0n) is 27.8. The van der Waals surface area contributed by atoms with Gasteiger partial charge in [-0.3, -0.25) is 10.1 Å². The van der Waals surface area contributed by atoms with Gasteiger partial charge in [-0.1, -0.05) is 18.2 Å². The van der Waals surface area contributed by atoms with E-state index in [0.717, 1.165) is 68.5 Å². The first-order valence-corrected chi connectivity index (χ1v) is 19.5. The van der Waals surface area contributed by atoms with Crippen LogP contribution in [0.5, 0.6) is 5.75 Å². The number of carbonyl (C=O) groups is 3. The number of para-hydroxylation sites is 1. The number of hydrogen-bond donors (Lipinski definition) is 3. The molecule has 6 rings (SSSR count). The number of nitrogens with two attached hydrogens (primary N) is 2. The standard InChI is InChI=1S/C37H48Br2N4O5/c38-30-21-25(22-31(39)34(30)44)23-33(36(46)42-19-13-27(14-20-42)26-9-15-40-16-10-26)48-37(47)43-17-11-24(12-18-43)5-6-29-8-7-28-3-1-2-4-32(28)41-35(29)45/h1-4,21-22,24,26-27,29,33,40,44H,5-20,23H2,(H,41,45)/p+2. The van der Waals surface area contributed by atoms with Crippen molar-refractivity contribution in [2.75, 3.05) is 39.3 Å². The Bertz CT molecular complexity index is 1430. The lowest BCUT2D eigenvalue weighted by atomic mass is 9.79. The molecule has 0 spiro atoms. The van der Waals surface area contributed by atoms with Crippen molar-refractivity contribution in [3.8, 4) is 5.75 Å². The van der Waals surface area contributed by atoms with Crippen LogP contribution in [0.1, 0.15) is 68.9 Å². The fraction of sp³-hybridized carbons (Fsp3) is 0.595. The molecule has 11 heteroatoms. The van der Waals surface area contributed by atoms with Crippen LogP contribution in [-0.2, 0) is 27.2 Å². The Hall–Kier alpha value is -2.47. The molecule has 4 aliphatic rings. The van der Waals surface area contributed by atoms with E-state index in [1.165, 1.54) is 31.5 Å². The highest BCUT2D eigenvalue weighted by Gasteiger charge is 2.36. The van der Waals surface area contributed by atoms with Crippen molar-refractivity contribution in [1.29, 1.82) is 0 Å². The highest BCUT2D eigenvalue weighted by atomic mass is 79.9. The number of likely N-dealkylation sites (tertiary alicyclic amines) is 2. The van der Waals surface area contributed by atoms with Crippen LogP contribution in [0.15, 0.2) is 45.3 Å². The van der Waals surface area contributed by atoms with Crippen molar-refractivity contribution in [3.05, 3.63) is 56.5 Å². The number of carbonyl (C=O) groups excluding carboxylic acids is 3. The molecule has 0 saturated carbocycles. The van der Waals surface area contributed by atoms with E-state index >= 15 is 0 Å². The molecule has 0 aromatic heterocycles. The Labute approximate surface area is 300 Å². The Morgan fingerprint density at radius 2 is 1.52 bits per heavy atom. The monoisotopic (exact) mass is 788 g/mol. The van der Waals surface area contributed by atoms with Gasteiger partial charge in [0.25, 0.3) is 5.91 Å². The second-order valence-electron chi connectivity index (χ2n) is 14.3. The van der Waals surface area contributed by atoms with Gasteiger partial charge >= 0.3 is 12.0 Å². The van der Waals surface area contributed by atoms with Gasteiger partial charge < -0.3 is 25.0 Å². The van der Waals surface area contributed by atoms with Gasteiger partial charge in [-0.25, -0.2) is 9.59 Å². The Morgan fingerprint density at radius 3 is 2.23 bits per heavy atom. The highest BCUT2D eigenvalue weighted by molar-refractivity contribution is 9.11. The third-order valence-electron chi connectivity index (χ3n) is 11.3. The molecule has 2 aromatic rings. The summed E-state index contributed by atoms with van der Waals surface area (Å²) in [5, 5.41) is 14.5. The van der Waals surface area contributed by atoms with Gasteiger partial charge in [-0.05, 0) is 138 Å². The third kappa shape index (κ3) is 8.81. The van der Waals surface area contributed by atoms with Crippen molar-refractivity contribution in [3.63, 3.8) is 0 Å². The second-order valence-corrected chi connectivity index (χ2v) is 16.0. The first-order chi connectivity index (χ1) is 23.2. The topological polar surface area (TPSA) is 120 Å². The molecular formula is C37H50Br2N4O5+2. The molecule has 4 aliphatic heterocycles. The molecule has 2 atom stereocenters. The summed E-state index contributed by atoms with van der Waals surface area (Å²) in [6, 6.07) is 11.7. The maximum absolute atomic E-state index is 14.0. The number of phenols is 1. The third-order valence-corrected chi connectivity index (χ3v) is 12.5. The minimum absolute atomic E-state index is 0.0541. The van der Waals surface area contributed by atoms with E-state index in [1.54, 1.807) is 17.0 Å². The number of aromatic hydroxyl groups is 1. The van der Waals surface area contributed by atoms with Crippen LogP contribution >= 0.6 is 31.9 Å². The number of halogens is 2. The number of primary amides is 1. The maximum atomic E-state index is 14.0. The number of phenolic OH excluding ortho intramolecular Hbond substituents is 1. The molecule has 260 valence electrons. The molecule has 4 heterocycles. The number of amides is 3. The molecule has 3 amide bonds. The second kappa shape index (κ2) is 16.5. The zero-order valence-corrected chi connectivity index (χ0v) is 30.9. The molecular weight excluding hydrogens is 740 g/mol. The number of ether oxygens (including phenoxy) is 1. The predicted molar refractivity (Wildman–Crippen MR) is 190 cm³/mol. The van der Waals surface area contributed by atoms with Crippen LogP contribution in [0, 0.1) is 23.7 Å². The Kier molecular flexibility index (Phi) is 12.1. The van der Waals surface area contributed by atoms with Gasteiger partial charge in [0.05, 0.1) is 28.0 Å². The summed E-state index contributed by atoms with van der Waals surface area (Å²) in [6.45, 7) is 4.96. The largest absolute Gasteiger partial charge is 0.506 e. The summed E-state index contributed by atoms with van der Waals surface area (Å²) in [5.74, 6) is 2.11. The molecule has 3 fully saturated rings. The average molecular weight is 791 g/mol. The molecule has 0 aliphatic carbocycles. The van der Waals surface area contributed by atoms with Crippen LogP contribution in [0.2, 0.25) is 0 Å². The van der Waals surface area contributed by atoms with Crippen molar-refractivity contribution < 1.29 is 34.9 Å². The van der Waals surface area contributed by atoms with Crippen LogP contribution < -0.4 is 10.6 Å². The van der Waals surface area contributed by atoms with Gasteiger partial charge in [0.1, 0.15) is 11.4 Å². The molecule has 9 nitrogen and oxygen atoms in total. The van der Waals surface area contributed by atoms with E-state index in [0.29, 0.717) is 47.0 Å². The number of nitrogens with zero attached hydrogens (tertiary/aromatic N) is 2. The van der Waals surface area contributed by atoms with Crippen molar-refractivity contribution >= 4 is 55.5 Å². The number of aryl methyl sites for hydroxylation is 1. The fourth-order valence-corrected chi connectivity index (χ4v) is 9.60. The van der Waals surface area contributed by atoms with Gasteiger partial charge in [-0.15, -0.1) is 0 Å². The molecule has 5 N–H and O–H groups in total. The molecule has 2 aromatic carbocycles. The molecule has 3 saturated heterocycles. The quantitative estimate of drug-likeness (QED) is 0.337. The predicted octanol–water partition coefficient (Wildman–Crippen LogP) is 4.65. The number of fused-ring (bicyclic) bond motifs is 1. The summed E-state index contributed by atoms with van der Waals surface area (Å²) in [5.41, 5.74) is 3.10. The van der Waals surface area contributed by atoms with Crippen molar-refractivity contribution in [2.24, 2.45) is 23.7 Å². The normalized spacial score (nSPS) is 22.2. The summed E-state index contributed by atoms with van der Waals surface area (Å²) < 4.78 is 7.10. The maximum Gasteiger partial charge on any atom is 0.410 e. The number of piperidine rings is 3. The molecule has 48 heavy (non-hydrogen) atoms. The van der Waals surface area contributed by atoms with Crippen LogP contribution in [0.25, 0.3) is 0 Å². The first kappa shape index (κ1) is 35.4. The SMILES string of the molecule is O=C1[NH2+]c2ccccc2CCC1CCC1CCN(C(=O)OC(Cc2cc(Br)c(O)c(Br)c2)C(=O)N2CCC(C3CC[NH2+]CC3)CC2)CC1. The van der Waals surface area contributed by atoms with Crippen LogP contribution in [-0.4, -0.2) is 78.2 Å². The number of quaternary nitrogens is 2. The van der Waals surface area contributed by atoms with Gasteiger partial charge in [0, 0.05) is 38.2 Å². The molecule has 0 radical (unpaired) electrons. The van der Waals surface area contributed by atoms with E-state index in [4.69, 9.17) is 4.74 Å². The van der Waals surface area contributed by atoms with Gasteiger partial charge in [0.2, 0.25) is 0 Å². The summed E-state index contributed by atoms with van der Waals surface area (Å²) >= 11 is 6.80. The number of rotatable bonds is 8. The van der Waals surface area contributed by atoms with E-state index < -0.39 is 12.2 Å². The number of hydrogen-bond acceptors (Lipinski definition) is 5. The number of benzene rings is 2.